The molecule has 0 aromatic rings. The summed E-state index contributed by atoms with van der Waals surface area (Å²) in [4.78, 5) is 11.5. The van der Waals surface area contributed by atoms with Crippen LogP contribution in [0.15, 0.2) is 0 Å². The van der Waals surface area contributed by atoms with Crippen LogP contribution in [0.2, 0.25) is 0 Å². The van der Waals surface area contributed by atoms with Crippen LogP contribution >= 0.6 is 0 Å². The number of nitrogens with one attached hydrogen (secondary N) is 2. The van der Waals surface area contributed by atoms with Gasteiger partial charge in [0.15, 0.2) is 0 Å². The molecule has 14 heavy (non-hydrogen) atoms. The smallest absolute Gasteiger partial charge is 0.220 e. The lowest BCUT2D eigenvalue weighted by molar-refractivity contribution is -0.122. The summed E-state index contributed by atoms with van der Waals surface area (Å²) in [6.45, 7) is 3.08. The minimum atomic E-state index is 0.0940. The maximum Gasteiger partial charge on any atom is 0.220 e. The second-order valence-electron chi connectivity index (χ2n) is 4.52. The van der Waals surface area contributed by atoms with Gasteiger partial charge in [0.2, 0.25) is 5.91 Å². The van der Waals surface area contributed by atoms with Gasteiger partial charge in [-0.25, -0.2) is 0 Å². The molecule has 3 nitrogen and oxygen atoms in total. The number of amides is 1. The molecule has 0 bridgehead atoms. The highest BCUT2D eigenvalue weighted by molar-refractivity contribution is 5.76. The van der Waals surface area contributed by atoms with E-state index in [1.165, 1.54) is 12.8 Å². The molecule has 0 heterocycles. The fourth-order valence-electron chi connectivity index (χ4n) is 2.11. The molecule has 0 aromatic carbocycles. The number of rotatable bonds is 5. The van der Waals surface area contributed by atoms with Crippen molar-refractivity contribution in [3.05, 3.63) is 0 Å². The molecule has 1 aliphatic carbocycles. The Morgan fingerprint density at radius 2 is 2.00 bits per heavy atom. The minimum Gasteiger partial charge on any atom is -0.351 e. The van der Waals surface area contributed by atoms with Gasteiger partial charge in [0.25, 0.3) is 0 Å². The first-order valence-electron chi connectivity index (χ1n) is 5.62. The Morgan fingerprint density at radius 3 is 2.57 bits per heavy atom. The van der Waals surface area contributed by atoms with Crippen molar-refractivity contribution >= 4 is 5.91 Å². The van der Waals surface area contributed by atoms with Gasteiger partial charge >= 0.3 is 0 Å². The van der Waals surface area contributed by atoms with Crippen molar-refractivity contribution in [2.45, 2.75) is 51.0 Å². The highest BCUT2D eigenvalue weighted by Gasteiger charge is 2.29. The second-order valence-corrected chi connectivity index (χ2v) is 4.52. The van der Waals surface area contributed by atoms with Crippen LogP contribution < -0.4 is 10.6 Å². The topological polar surface area (TPSA) is 41.1 Å². The predicted molar refractivity (Wildman–Crippen MR) is 58.2 cm³/mol. The molecule has 0 unspecified atom stereocenters. The van der Waals surface area contributed by atoms with Crippen molar-refractivity contribution in [3.63, 3.8) is 0 Å². The Balaban J connectivity index is 2.19. The van der Waals surface area contributed by atoms with Crippen molar-refractivity contribution in [1.29, 1.82) is 0 Å². The maximum absolute atomic E-state index is 11.5. The molecule has 0 aromatic heterocycles. The van der Waals surface area contributed by atoms with E-state index in [9.17, 15) is 4.79 Å². The molecular formula is C11H22N2O. The van der Waals surface area contributed by atoms with Crippen LogP contribution in [-0.4, -0.2) is 25.0 Å². The van der Waals surface area contributed by atoms with Gasteiger partial charge in [-0.3, -0.25) is 4.79 Å². The Kier molecular flexibility index (Phi) is 4.39. The summed E-state index contributed by atoms with van der Waals surface area (Å²) in [5.41, 5.74) is 0.0940. The zero-order valence-electron chi connectivity index (χ0n) is 9.36. The van der Waals surface area contributed by atoms with Crippen LogP contribution in [0.5, 0.6) is 0 Å². The Hall–Kier alpha value is -0.570. The molecule has 1 rings (SSSR count). The molecule has 1 saturated carbocycles. The average Bonchev–Trinajstić information content (AvgIpc) is 2.52. The fraction of sp³-hybridized carbons (Fsp3) is 0.909. The Morgan fingerprint density at radius 1 is 1.36 bits per heavy atom. The van der Waals surface area contributed by atoms with Crippen molar-refractivity contribution in [2.75, 3.05) is 13.6 Å². The molecule has 1 amide bonds. The van der Waals surface area contributed by atoms with E-state index in [0.29, 0.717) is 6.42 Å². The average molecular weight is 198 g/mol. The maximum atomic E-state index is 11.5. The Bertz CT molecular complexity index is 186. The molecule has 0 saturated heterocycles. The number of carbonyl (C=O) groups excluding carboxylic acids is 1. The van der Waals surface area contributed by atoms with Crippen molar-refractivity contribution < 1.29 is 4.79 Å². The van der Waals surface area contributed by atoms with Gasteiger partial charge in [-0.05, 0) is 39.8 Å². The first-order valence-corrected chi connectivity index (χ1v) is 5.62. The molecule has 82 valence electrons. The third-order valence-electron chi connectivity index (χ3n) is 2.98. The molecule has 2 N–H and O–H groups in total. The fourth-order valence-corrected chi connectivity index (χ4v) is 2.11. The summed E-state index contributed by atoms with van der Waals surface area (Å²) in [5.74, 6) is 0.213. The van der Waals surface area contributed by atoms with Crippen LogP contribution in [0, 0.1) is 0 Å². The number of carbonyl (C=O) groups is 1. The monoisotopic (exact) mass is 198 g/mol. The van der Waals surface area contributed by atoms with Gasteiger partial charge in [0, 0.05) is 12.0 Å². The lowest BCUT2D eigenvalue weighted by atomic mass is 10.0. The first-order chi connectivity index (χ1) is 6.66. The van der Waals surface area contributed by atoms with E-state index < -0.39 is 0 Å². The van der Waals surface area contributed by atoms with E-state index in [2.05, 4.69) is 17.6 Å². The zero-order valence-corrected chi connectivity index (χ0v) is 9.36. The second kappa shape index (κ2) is 5.35. The summed E-state index contributed by atoms with van der Waals surface area (Å²) in [6.07, 6.45) is 6.38. The standard InChI is InChI=1S/C11H22N2O/c1-11(7-3-4-8-11)13-10(14)6-5-9-12-2/h12H,3-9H2,1-2H3,(H,13,14). The molecule has 3 heteroatoms. The summed E-state index contributed by atoms with van der Waals surface area (Å²) < 4.78 is 0. The van der Waals surface area contributed by atoms with Crippen LogP contribution in [-0.2, 0) is 4.79 Å². The largest absolute Gasteiger partial charge is 0.351 e. The lowest BCUT2D eigenvalue weighted by Crippen LogP contribution is -2.43. The van der Waals surface area contributed by atoms with Gasteiger partial charge in [0.1, 0.15) is 0 Å². The normalized spacial score (nSPS) is 19.6. The van der Waals surface area contributed by atoms with E-state index in [4.69, 9.17) is 0 Å². The van der Waals surface area contributed by atoms with Crippen molar-refractivity contribution in [2.24, 2.45) is 0 Å². The van der Waals surface area contributed by atoms with Gasteiger partial charge in [-0.15, -0.1) is 0 Å². The molecule has 0 aliphatic heterocycles. The van der Waals surface area contributed by atoms with Gasteiger partial charge in [-0.1, -0.05) is 12.8 Å². The number of hydrogen-bond donors (Lipinski definition) is 2. The van der Waals surface area contributed by atoms with Crippen LogP contribution in [0.3, 0.4) is 0 Å². The van der Waals surface area contributed by atoms with E-state index >= 15 is 0 Å². The zero-order chi connectivity index (χ0) is 10.4. The highest BCUT2D eigenvalue weighted by atomic mass is 16.1. The van der Waals surface area contributed by atoms with Crippen LogP contribution in [0.4, 0.5) is 0 Å². The number of hydrogen-bond acceptors (Lipinski definition) is 2. The summed E-state index contributed by atoms with van der Waals surface area (Å²) >= 11 is 0. The van der Waals surface area contributed by atoms with Crippen LogP contribution in [0.25, 0.3) is 0 Å². The summed E-state index contributed by atoms with van der Waals surface area (Å²) in [5, 5.41) is 6.19. The van der Waals surface area contributed by atoms with Crippen LogP contribution in [0.1, 0.15) is 45.4 Å². The van der Waals surface area contributed by atoms with E-state index in [0.717, 1.165) is 25.8 Å². The first kappa shape index (κ1) is 11.5. The van der Waals surface area contributed by atoms with E-state index in [1.54, 1.807) is 0 Å². The molecule has 0 spiro atoms. The quantitative estimate of drug-likeness (QED) is 0.656. The lowest BCUT2D eigenvalue weighted by Gasteiger charge is -2.25. The van der Waals surface area contributed by atoms with Crippen molar-refractivity contribution in [1.82, 2.24) is 10.6 Å². The predicted octanol–water partition coefficient (Wildman–Crippen LogP) is 1.43. The molecular weight excluding hydrogens is 176 g/mol. The Labute approximate surface area is 86.6 Å². The molecule has 1 aliphatic rings. The van der Waals surface area contributed by atoms with Gasteiger partial charge in [0.05, 0.1) is 0 Å². The SMILES string of the molecule is CNCCCC(=O)NC1(C)CCCC1. The highest BCUT2D eigenvalue weighted by Crippen LogP contribution is 2.28. The molecule has 0 radical (unpaired) electrons. The minimum absolute atomic E-state index is 0.0940. The summed E-state index contributed by atoms with van der Waals surface area (Å²) in [6, 6.07) is 0. The third-order valence-corrected chi connectivity index (χ3v) is 2.98. The van der Waals surface area contributed by atoms with Crippen molar-refractivity contribution in [3.8, 4) is 0 Å². The molecule has 0 atom stereocenters. The molecule has 1 fully saturated rings. The van der Waals surface area contributed by atoms with Gasteiger partial charge < -0.3 is 10.6 Å². The van der Waals surface area contributed by atoms with E-state index in [-0.39, 0.29) is 11.4 Å². The van der Waals surface area contributed by atoms with E-state index in [1.807, 2.05) is 7.05 Å². The van der Waals surface area contributed by atoms with Gasteiger partial charge in [-0.2, -0.15) is 0 Å². The summed E-state index contributed by atoms with van der Waals surface area (Å²) in [7, 11) is 1.91. The third kappa shape index (κ3) is 3.66.